The fraction of sp³-hybridized carbons (Fsp3) is 0.571. The number of aromatic nitrogens is 3. The number of morpholine rings is 1. The minimum absolute atomic E-state index is 0.0797. The lowest BCUT2D eigenvalue weighted by Gasteiger charge is -2.32. The van der Waals surface area contributed by atoms with E-state index in [1.54, 1.807) is 4.68 Å². The van der Waals surface area contributed by atoms with Gasteiger partial charge in [0, 0.05) is 32.6 Å². The molecule has 2 saturated heterocycles. The van der Waals surface area contributed by atoms with E-state index >= 15 is 0 Å². The summed E-state index contributed by atoms with van der Waals surface area (Å²) in [7, 11) is 1.83. The van der Waals surface area contributed by atoms with Crippen LogP contribution in [0.15, 0.2) is 30.3 Å². The molecular formula is C21H30N6O2. The van der Waals surface area contributed by atoms with Crippen molar-refractivity contribution >= 4 is 11.9 Å². The molecule has 0 spiro atoms. The van der Waals surface area contributed by atoms with Crippen LogP contribution in [0.2, 0.25) is 0 Å². The summed E-state index contributed by atoms with van der Waals surface area (Å²) in [5.41, 5.74) is 1.28. The number of ether oxygens (including phenoxy) is 1. The van der Waals surface area contributed by atoms with Crippen LogP contribution in [-0.4, -0.2) is 64.5 Å². The van der Waals surface area contributed by atoms with Crippen LogP contribution in [0, 0.1) is 0 Å². The topological polar surface area (TPSA) is 84.3 Å². The first-order valence-electron chi connectivity index (χ1n) is 10.5. The van der Waals surface area contributed by atoms with Gasteiger partial charge in [-0.15, -0.1) is 0 Å². The van der Waals surface area contributed by atoms with E-state index in [1.807, 2.05) is 13.1 Å². The van der Waals surface area contributed by atoms with Crippen molar-refractivity contribution in [3.63, 3.8) is 0 Å². The first-order chi connectivity index (χ1) is 14.2. The highest BCUT2D eigenvalue weighted by atomic mass is 16.5. The van der Waals surface area contributed by atoms with E-state index in [0.29, 0.717) is 24.9 Å². The Morgan fingerprint density at radius 1 is 1.28 bits per heavy atom. The number of benzene rings is 1. The minimum Gasteiger partial charge on any atom is -0.375 e. The van der Waals surface area contributed by atoms with E-state index in [0.717, 1.165) is 51.4 Å². The molecule has 2 aliphatic heterocycles. The van der Waals surface area contributed by atoms with Gasteiger partial charge in [0.15, 0.2) is 5.82 Å². The molecule has 8 nitrogen and oxygen atoms in total. The Bertz CT molecular complexity index is 803. The van der Waals surface area contributed by atoms with Gasteiger partial charge < -0.3 is 10.1 Å². The lowest BCUT2D eigenvalue weighted by molar-refractivity contribution is -0.121. The van der Waals surface area contributed by atoms with Gasteiger partial charge in [0.25, 0.3) is 0 Å². The smallest absolute Gasteiger partial charge is 0.229 e. The zero-order valence-electron chi connectivity index (χ0n) is 17.0. The van der Waals surface area contributed by atoms with Crippen molar-refractivity contribution in [3.8, 4) is 0 Å². The van der Waals surface area contributed by atoms with Gasteiger partial charge in [0.05, 0.1) is 19.1 Å². The van der Waals surface area contributed by atoms with E-state index in [1.165, 1.54) is 5.56 Å². The molecule has 2 N–H and O–H groups in total. The van der Waals surface area contributed by atoms with Crippen LogP contribution in [-0.2, 0) is 23.1 Å². The second-order valence-electron chi connectivity index (χ2n) is 7.91. The number of amides is 1. The number of carbonyl (C=O) groups excluding carboxylic acids is 1. The Kier molecular flexibility index (Phi) is 6.53. The van der Waals surface area contributed by atoms with Gasteiger partial charge in [0.1, 0.15) is 0 Å². The lowest BCUT2D eigenvalue weighted by atomic mass is 9.98. The Hall–Kier alpha value is -2.29. The lowest BCUT2D eigenvalue weighted by Crippen LogP contribution is -2.43. The monoisotopic (exact) mass is 398 g/mol. The number of nitrogens with zero attached hydrogens (tertiary/aromatic N) is 4. The van der Waals surface area contributed by atoms with Crippen LogP contribution >= 0.6 is 0 Å². The van der Waals surface area contributed by atoms with E-state index in [9.17, 15) is 4.79 Å². The van der Waals surface area contributed by atoms with Gasteiger partial charge in [0.2, 0.25) is 11.9 Å². The number of rotatable bonds is 6. The molecule has 1 atom stereocenters. The van der Waals surface area contributed by atoms with E-state index in [2.05, 4.69) is 49.9 Å². The Morgan fingerprint density at radius 3 is 2.86 bits per heavy atom. The fourth-order valence-electron chi connectivity index (χ4n) is 4.04. The van der Waals surface area contributed by atoms with Crippen molar-refractivity contribution in [1.29, 1.82) is 0 Å². The molecule has 1 aromatic heterocycles. The molecule has 2 aromatic rings. The summed E-state index contributed by atoms with van der Waals surface area (Å²) in [5.74, 6) is 1.62. The molecule has 1 unspecified atom stereocenters. The van der Waals surface area contributed by atoms with Crippen molar-refractivity contribution in [2.24, 2.45) is 7.05 Å². The standard InChI is InChI=1S/C21H30N6O2/c1-26-21(24-20(25-26)17-7-9-22-10-8-17)23-19(28)13-18-15-27(11-12-29-18)14-16-5-3-2-4-6-16/h2-6,17-18,22H,7-15H2,1H3,(H,23,24,25,28). The number of anilines is 1. The van der Waals surface area contributed by atoms with Gasteiger partial charge in [-0.3, -0.25) is 15.0 Å². The SMILES string of the molecule is Cn1nc(C2CCNCC2)nc1NC(=O)CC1CN(Cc2ccccc2)CCO1. The quantitative estimate of drug-likeness (QED) is 0.767. The van der Waals surface area contributed by atoms with E-state index in [-0.39, 0.29) is 12.0 Å². The maximum atomic E-state index is 12.6. The second kappa shape index (κ2) is 9.47. The number of carbonyl (C=O) groups is 1. The summed E-state index contributed by atoms with van der Waals surface area (Å²) >= 11 is 0. The number of nitrogens with one attached hydrogen (secondary N) is 2. The third-order valence-corrected chi connectivity index (χ3v) is 5.62. The summed E-state index contributed by atoms with van der Waals surface area (Å²) in [4.78, 5) is 19.5. The fourth-order valence-corrected chi connectivity index (χ4v) is 4.04. The molecule has 1 aromatic carbocycles. The largest absolute Gasteiger partial charge is 0.375 e. The predicted molar refractivity (Wildman–Crippen MR) is 111 cm³/mol. The molecule has 1 amide bonds. The average molecular weight is 399 g/mol. The van der Waals surface area contributed by atoms with Gasteiger partial charge in [-0.1, -0.05) is 30.3 Å². The van der Waals surface area contributed by atoms with Crippen LogP contribution in [0.1, 0.15) is 36.6 Å². The predicted octanol–water partition coefficient (Wildman–Crippen LogP) is 1.51. The van der Waals surface area contributed by atoms with Crippen molar-refractivity contribution in [1.82, 2.24) is 25.0 Å². The molecular weight excluding hydrogens is 368 g/mol. The van der Waals surface area contributed by atoms with Gasteiger partial charge in [-0.25, -0.2) is 4.68 Å². The van der Waals surface area contributed by atoms with Crippen molar-refractivity contribution in [2.45, 2.75) is 37.8 Å². The van der Waals surface area contributed by atoms with Crippen LogP contribution < -0.4 is 10.6 Å². The Balaban J connectivity index is 1.29. The Morgan fingerprint density at radius 2 is 2.07 bits per heavy atom. The van der Waals surface area contributed by atoms with Crippen molar-refractivity contribution in [3.05, 3.63) is 41.7 Å². The van der Waals surface area contributed by atoms with Crippen molar-refractivity contribution < 1.29 is 9.53 Å². The molecule has 2 aliphatic rings. The van der Waals surface area contributed by atoms with Crippen LogP contribution in [0.3, 0.4) is 0 Å². The maximum absolute atomic E-state index is 12.6. The number of hydrogen-bond acceptors (Lipinski definition) is 6. The third-order valence-electron chi connectivity index (χ3n) is 5.62. The zero-order chi connectivity index (χ0) is 20.1. The summed E-state index contributed by atoms with van der Waals surface area (Å²) in [6.45, 7) is 5.14. The number of piperidine rings is 1. The minimum atomic E-state index is -0.107. The highest BCUT2D eigenvalue weighted by Crippen LogP contribution is 2.23. The summed E-state index contributed by atoms with van der Waals surface area (Å²) in [6.07, 6.45) is 2.28. The molecule has 0 radical (unpaired) electrons. The number of aryl methyl sites for hydroxylation is 1. The molecule has 2 fully saturated rings. The highest BCUT2D eigenvalue weighted by Gasteiger charge is 2.25. The zero-order valence-corrected chi connectivity index (χ0v) is 17.0. The molecule has 156 valence electrons. The van der Waals surface area contributed by atoms with Crippen LogP contribution in [0.5, 0.6) is 0 Å². The molecule has 0 bridgehead atoms. The second-order valence-corrected chi connectivity index (χ2v) is 7.91. The van der Waals surface area contributed by atoms with E-state index in [4.69, 9.17) is 4.74 Å². The van der Waals surface area contributed by atoms with Gasteiger partial charge in [-0.2, -0.15) is 10.1 Å². The molecule has 0 saturated carbocycles. The normalized spacial score (nSPS) is 21.2. The van der Waals surface area contributed by atoms with Crippen LogP contribution in [0.25, 0.3) is 0 Å². The van der Waals surface area contributed by atoms with Gasteiger partial charge in [-0.05, 0) is 31.5 Å². The van der Waals surface area contributed by atoms with E-state index < -0.39 is 0 Å². The average Bonchev–Trinajstić information content (AvgIpc) is 3.10. The molecule has 29 heavy (non-hydrogen) atoms. The first-order valence-corrected chi connectivity index (χ1v) is 10.5. The van der Waals surface area contributed by atoms with Gasteiger partial charge >= 0.3 is 0 Å². The maximum Gasteiger partial charge on any atom is 0.229 e. The highest BCUT2D eigenvalue weighted by molar-refractivity contribution is 5.89. The Labute approximate surface area is 171 Å². The summed E-state index contributed by atoms with van der Waals surface area (Å²) in [6, 6.07) is 10.4. The van der Waals surface area contributed by atoms with Crippen molar-refractivity contribution in [2.75, 3.05) is 38.1 Å². The molecule has 3 heterocycles. The summed E-state index contributed by atoms with van der Waals surface area (Å²) in [5, 5.41) is 10.8. The molecule has 0 aliphatic carbocycles. The molecule has 4 rings (SSSR count). The third kappa shape index (κ3) is 5.41. The molecule has 8 heteroatoms. The summed E-state index contributed by atoms with van der Waals surface area (Å²) < 4.78 is 7.50. The first kappa shape index (κ1) is 20.0. The van der Waals surface area contributed by atoms with Crippen LogP contribution in [0.4, 0.5) is 5.95 Å². The number of hydrogen-bond donors (Lipinski definition) is 2.